The van der Waals surface area contributed by atoms with Crippen molar-refractivity contribution >= 4 is 28.3 Å². The molecule has 0 saturated heterocycles. The molecule has 0 saturated carbocycles. The second-order valence-electron chi connectivity index (χ2n) is 3.83. The van der Waals surface area contributed by atoms with Crippen LogP contribution in [0.4, 0.5) is 5.13 Å². The standard InChI is InChI=1S/C11H19N5O2S/c1-3-16(4-2)7-5-6-12-9(17)10(18)14-11-15-13-8-19-11/h8H,3-7H2,1-2H3,(H,12,17)(H,14,15,18). The van der Waals surface area contributed by atoms with Crippen LogP contribution in [0.2, 0.25) is 0 Å². The molecule has 0 radical (unpaired) electrons. The van der Waals surface area contributed by atoms with Crippen LogP contribution in [0.25, 0.3) is 0 Å². The predicted molar refractivity (Wildman–Crippen MR) is 74.0 cm³/mol. The summed E-state index contributed by atoms with van der Waals surface area (Å²) in [6.07, 6.45) is 0.819. The third kappa shape index (κ3) is 5.75. The van der Waals surface area contributed by atoms with E-state index in [0.29, 0.717) is 11.7 Å². The van der Waals surface area contributed by atoms with E-state index in [1.54, 1.807) is 0 Å². The first-order chi connectivity index (χ1) is 9.17. The van der Waals surface area contributed by atoms with Gasteiger partial charge in [0.25, 0.3) is 0 Å². The first-order valence-corrected chi connectivity index (χ1v) is 7.13. The SMILES string of the molecule is CCN(CC)CCCNC(=O)C(=O)Nc1nncs1. The Morgan fingerprint density at radius 3 is 2.63 bits per heavy atom. The van der Waals surface area contributed by atoms with Gasteiger partial charge in [0.05, 0.1) is 0 Å². The maximum absolute atomic E-state index is 11.5. The molecule has 1 heterocycles. The van der Waals surface area contributed by atoms with E-state index in [4.69, 9.17) is 0 Å². The van der Waals surface area contributed by atoms with Crippen LogP contribution < -0.4 is 10.6 Å². The fourth-order valence-electron chi connectivity index (χ4n) is 1.51. The molecular formula is C11H19N5O2S. The first-order valence-electron chi connectivity index (χ1n) is 6.25. The molecule has 7 nitrogen and oxygen atoms in total. The van der Waals surface area contributed by atoms with E-state index >= 15 is 0 Å². The number of anilines is 1. The highest BCUT2D eigenvalue weighted by atomic mass is 32.1. The van der Waals surface area contributed by atoms with E-state index in [1.165, 1.54) is 16.8 Å². The highest BCUT2D eigenvalue weighted by Crippen LogP contribution is 2.06. The van der Waals surface area contributed by atoms with E-state index < -0.39 is 11.8 Å². The minimum absolute atomic E-state index is 0.322. The van der Waals surface area contributed by atoms with Gasteiger partial charge in [0.15, 0.2) is 0 Å². The van der Waals surface area contributed by atoms with Gasteiger partial charge in [0.2, 0.25) is 5.13 Å². The van der Waals surface area contributed by atoms with Crippen molar-refractivity contribution in [1.82, 2.24) is 20.4 Å². The molecule has 0 aliphatic heterocycles. The average molecular weight is 285 g/mol. The smallest absolute Gasteiger partial charge is 0.315 e. The lowest BCUT2D eigenvalue weighted by molar-refractivity contribution is -0.136. The molecule has 2 amide bonds. The molecule has 1 aromatic heterocycles. The van der Waals surface area contributed by atoms with Crippen molar-refractivity contribution < 1.29 is 9.59 Å². The van der Waals surface area contributed by atoms with Gasteiger partial charge in [-0.2, -0.15) is 0 Å². The van der Waals surface area contributed by atoms with Gasteiger partial charge in [-0.25, -0.2) is 0 Å². The van der Waals surface area contributed by atoms with Crippen molar-refractivity contribution in [3.05, 3.63) is 5.51 Å². The van der Waals surface area contributed by atoms with Gasteiger partial charge in [0.1, 0.15) is 5.51 Å². The molecule has 0 fully saturated rings. The Hall–Kier alpha value is -1.54. The summed E-state index contributed by atoms with van der Waals surface area (Å²) in [4.78, 5) is 25.2. The van der Waals surface area contributed by atoms with Crippen molar-refractivity contribution in [2.24, 2.45) is 0 Å². The van der Waals surface area contributed by atoms with E-state index in [9.17, 15) is 9.59 Å². The number of aromatic nitrogens is 2. The fraction of sp³-hybridized carbons (Fsp3) is 0.636. The number of hydrogen-bond acceptors (Lipinski definition) is 6. The molecule has 1 rings (SSSR count). The summed E-state index contributed by atoms with van der Waals surface area (Å²) >= 11 is 1.17. The minimum Gasteiger partial charge on any atom is -0.348 e. The Kier molecular flexibility index (Phi) is 6.98. The van der Waals surface area contributed by atoms with Crippen molar-refractivity contribution in [2.45, 2.75) is 20.3 Å². The number of hydrogen-bond donors (Lipinski definition) is 2. The molecule has 0 spiro atoms. The maximum Gasteiger partial charge on any atom is 0.315 e. The third-order valence-electron chi connectivity index (χ3n) is 2.62. The van der Waals surface area contributed by atoms with Gasteiger partial charge in [-0.05, 0) is 26.1 Å². The average Bonchev–Trinajstić information content (AvgIpc) is 2.91. The monoisotopic (exact) mass is 285 g/mol. The minimum atomic E-state index is -0.709. The maximum atomic E-state index is 11.5. The van der Waals surface area contributed by atoms with Gasteiger partial charge < -0.3 is 10.2 Å². The van der Waals surface area contributed by atoms with Gasteiger partial charge >= 0.3 is 11.8 Å². The number of amides is 2. The Balaban J connectivity index is 2.18. The number of nitrogens with zero attached hydrogens (tertiary/aromatic N) is 3. The molecule has 0 bridgehead atoms. The summed E-state index contributed by atoms with van der Waals surface area (Å²) in [5.41, 5.74) is 1.48. The molecular weight excluding hydrogens is 266 g/mol. The summed E-state index contributed by atoms with van der Waals surface area (Å²) in [5.74, 6) is -1.35. The van der Waals surface area contributed by atoms with Crippen LogP contribution >= 0.6 is 11.3 Å². The lowest BCUT2D eigenvalue weighted by atomic mass is 10.3. The zero-order valence-corrected chi connectivity index (χ0v) is 12.0. The summed E-state index contributed by atoms with van der Waals surface area (Å²) in [6.45, 7) is 7.56. The molecule has 0 unspecified atom stereocenters. The van der Waals surface area contributed by atoms with Crippen molar-refractivity contribution in [2.75, 3.05) is 31.5 Å². The number of nitrogens with one attached hydrogen (secondary N) is 2. The van der Waals surface area contributed by atoms with Gasteiger partial charge in [-0.15, -0.1) is 10.2 Å². The highest BCUT2D eigenvalue weighted by molar-refractivity contribution is 7.13. The lowest BCUT2D eigenvalue weighted by Gasteiger charge is -2.17. The van der Waals surface area contributed by atoms with E-state index in [1.807, 2.05) is 0 Å². The van der Waals surface area contributed by atoms with Gasteiger partial charge in [-0.1, -0.05) is 25.2 Å². The second-order valence-corrected chi connectivity index (χ2v) is 4.67. The Morgan fingerprint density at radius 1 is 1.32 bits per heavy atom. The summed E-state index contributed by atoms with van der Waals surface area (Å²) in [5, 5.41) is 12.5. The zero-order valence-electron chi connectivity index (χ0n) is 11.2. The zero-order chi connectivity index (χ0) is 14.1. The third-order valence-corrected chi connectivity index (χ3v) is 3.22. The second kappa shape index (κ2) is 8.54. The van der Waals surface area contributed by atoms with E-state index in [-0.39, 0.29) is 0 Å². The van der Waals surface area contributed by atoms with Crippen LogP contribution in [-0.4, -0.2) is 53.1 Å². The summed E-state index contributed by atoms with van der Waals surface area (Å²) in [6, 6.07) is 0. The van der Waals surface area contributed by atoms with Crippen LogP contribution in [0, 0.1) is 0 Å². The number of carbonyl (C=O) groups excluding carboxylic acids is 2. The van der Waals surface area contributed by atoms with Crippen molar-refractivity contribution in [3.8, 4) is 0 Å². The topological polar surface area (TPSA) is 87.2 Å². The Bertz CT molecular complexity index is 392. The van der Waals surface area contributed by atoms with Crippen molar-refractivity contribution in [3.63, 3.8) is 0 Å². The Labute approximate surface area is 116 Å². The normalized spacial score (nSPS) is 10.5. The predicted octanol–water partition coefficient (Wildman–Crippen LogP) is 0.325. The molecule has 0 aliphatic rings. The molecule has 0 atom stereocenters. The van der Waals surface area contributed by atoms with E-state index in [2.05, 4.69) is 39.6 Å². The Morgan fingerprint density at radius 2 is 2.05 bits per heavy atom. The molecule has 19 heavy (non-hydrogen) atoms. The fourth-order valence-corrected chi connectivity index (χ4v) is 1.95. The first kappa shape index (κ1) is 15.5. The number of rotatable bonds is 7. The molecule has 106 valence electrons. The summed E-state index contributed by atoms with van der Waals surface area (Å²) in [7, 11) is 0. The quantitative estimate of drug-likeness (QED) is 0.556. The molecule has 2 N–H and O–H groups in total. The van der Waals surface area contributed by atoms with Gasteiger partial charge in [-0.3, -0.25) is 14.9 Å². The molecule has 1 aromatic rings. The number of carbonyl (C=O) groups is 2. The molecule has 0 aliphatic carbocycles. The van der Waals surface area contributed by atoms with Gasteiger partial charge in [0, 0.05) is 6.54 Å². The molecule has 0 aromatic carbocycles. The molecule has 8 heteroatoms. The largest absolute Gasteiger partial charge is 0.348 e. The van der Waals surface area contributed by atoms with E-state index in [0.717, 1.165) is 26.1 Å². The van der Waals surface area contributed by atoms with Crippen LogP contribution in [0.3, 0.4) is 0 Å². The van der Waals surface area contributed by atoms with Crippen molar-refractivity contribution in [1.29, 1.82) is 0 Å². The van der Waals surface area contributed by atoms with Crippen LogP contribution in [-0.2, 0) is 9.59 Å². The lowest BCUT2D eigenvalue weighted by Crippen LogP contribution is -2.37. The van der Waals surface area contributed by atoms with Crippen LogP contribution in [0.15, 0.2) is 5.51 Å². The summed E-state index contributed by atoms with van der Waals surface area (Å²) < 4.78 is 0. The van der Waals surface area contributed by atoms with Crippen LogP contribution in [0.1, 0.15) is 20.3 Å². The highest BCUT2D eigenvalue weighted by Gasteiger charge is 2.14. The van der Waals surface area contributed by atoms with Crippen LogP contribution in [0.5, 0.6) is 0 Å².